The zero-order chi connectivity index (χ0) is 13.0. The highest BCUT2D eigenvalue weighted by Crippen LogP contribution is 2.18. The van der Waals surface area contributed by atoms with Gasteiger partial charge < -0.3 is 10.6 Å². The molecule has 0 aliphatic carbocycles. The van der Waals surface area contributed by atoms with E-state index in [0.717, 1.165) is 6.54 Å². The number of hydrogen-bond acceptors (Lipinski definition) is 5. The van der Waals surface area contributed by atoms with Crippen LogP contribution in [-0.4, -0.2) is 22.6 Å². The first-order valence-electron chi connectivity index (χ1n) is 5.33. The molecular formula is C11H11ClN4OS. The molecule has 1 amide bonds. The van der Waals surface area contributed by atoms with Crippen LogP contribution in [0.25, 0.3) is 0 Å². The lowest BCUT2D eigenvalue weighted by atomic mass is 10.3. The van der Waals surface area contributed by atoms with Crippen molar-refractivity contribution in [3.05, 3.63) is 34.3 Å². The van der Waals surface area contributed by atoms with Gasteiger partial charge in [-0.2, -0.15) is 0 Å². The Hall–Kier alpha value is -1.66. The Balaban J connectivity index is 2.04. The predicted octanol–water partition coefficient (Wildman–Crippen LogP) is 2.88. The number of amides is 1. The summed E-state index contributed by atoms with van der Waals surface area (Å²) < 4.78 is 0. The van der Waals surface area contributed by atoms with Gasteiger partial charge in [0.25, 0.3) is 5.91 Å². The molecule has 0 aliphatic rings. The molecule has 2 rings (SSSR count). The largest absolute Gasteiger partial charge is 0.360 e. The quantitative estimate of drug-likeness (QED) is 0.905. The zero-order valence-electron chi connectivity index (χ0n) is 9.61. The van der Waals surface area contributed by atoms with Crippen LogP contribution in [0, 0.1) is 0 Å². The third kappa shape index (κ3) is 3.18. The molecule has 0 saturated heterocycles. The van der Waals surface area contributed by atoms with E-state index in [2.05, 4.69) is 20.8 Å². The second kappa shape index (κ2) is 5.79. The monoisotopic (exact) mass is 282 g/mol. The molecule has 2 N–H and O–H groups in total. The van der Waals surface area contributed by atoms with Crippen LogP contribution in [0.3, 0.4) is 0 Å². The molecule has 0 fully saturated rings. The van der Waals surface area contributed by atoms with Crippen molar-refractivity contribution >= 4 is 39.7 Å². The van der Waals surface area contributed by atoms with E-state index in [0.29, 0.717) is 20.8 Å². The molecule has 5 nitrogen and oxygen atoms in total. The summed E-state index contributed by atoms with van der Waals surface area (Å²) in [4.78, 5) is 11.9. The summed E-state index contributed by atoms with van der Waals surface area (Å²) in [6, 6.07) is 6.88. The molecule has 1 aromatic heterocycles. The summed E-state index contributed by atoms with van der Waals surface area (Å²) in [6.45, 7) is 2.70. The predicted molar refractivity (Wildman–Crippen MR) is 73.5 cm³/mol. The van der Waals surface area contributed by atoms with Crippen molar-refractivity contribution in [2.75, 3.05) is 17.2 Å². The molecule has 18 heavy (non-hydrogen) atoms. The van der Waals surface area contributed by atoms with Crippen LogP contribution in [-0.2, 0) is 0 Å². The normalized spacial score (nSPS) is 10.1. The molecule has 0 atom stereocenters. The molecule has 0 unspecified atom stereocenters. The lowest BCUT2D eigenvalue weighted by Gasteiger charge is -2.01. The number of rotatable bonds is 4. The number of carbonyl (C=O) groups excluding carboxylic acids is 1. The van der Waals surface area contributed by atoms with E-state index in [9.17, 15) is 4.79 Å². The van der Waals surface area contributed by atoms with Crippen molar-refractivity contribution in [2.45, 2.75) is 6.92 Å². The third-order valence-corrected chi connectivity index (χ3v) is 3.18. The Morgan fingerprint density at radius 1 is 1.33 bits per heavy atom. The van der Waals surface area contributed by atoms with Crippen LogP contribution < -0.4 is 10.6 Å². The number of carbonyl (C=O) groups is 1. The Kier molecular flexibility index (Phi) is 4.11. The molecule has 0 radical (unpaired) electrons. The highest BCUT2D eigenvalue weighted by molar-refractivity contribution is 7.17. The molecular weight excluding hydrogens is 272 g/mol. The van der Waals surface area contributed by atoms with Gasteiger partial charge in [0.15, 0.2) is 0 Å². The first-order chi connectivity index (χ1) is 8.69. The standard InChI is InChI=1S/C11H11ClN4OS/c1-2-13-11-16-15-10(18-11)9(17)14-8-5-3-7(12)4-6-8/h3-6H,2H2,1H3,(H,13,16)(H,14,17). The molecule has 0 bridgehead atoms. The molecule has 0 aliphatic heterocycles. The van der Waals surface area contributed by atoms with Gasteiger partial charge in [-0.25, -0.2) is 0 Å². The molecule has 1 heterocycles. The average Bonchev–Trinajstić information content (AvgIpc) is 2.81. The number of nitrogens with one attached hydrogen (secondary N) is 2. The number of benzene rings is 1. The van der Waals surface area contributed by atoms with Crippen LogP contribution in [0.15, 0.2) is 24.3 Å². The highest BCUT2D eigenvalue weighted by Gasteiger charge is 2.12. The van der Waals surface area contributed by atoms with E-state index < -0.39 is 0 Å². The van der Waals surface area contributed by atoms with Gasteiger partial charge in [0.05, 0.1) is 0 Å². The topological polar surface area (TPSA) is 66.9 Å². The maximum atomic E-state index is 11.9. The molecule has 94 valence electrons. The van der Waals surface area contributed by atoms with E-state index in [1.165, 1.54) is 11.3 Å². The van der Waals surface area contributed by atoms with Gasteiger partial charge >= 0.3 is 0 Å². The minimum Gasteiger partial charge on any atom is -0.360 e. The number of hydrogen-bond donors (Lipinski definition) is 2. The highest BCUT2D eigenvalue weighted by atomic mass is 35.5. The van der Waals surface area contributed by atoms with Crippen LogP contribution >= 0.6 is 22.9 Å². The fourth-order valence-corrected chi connectivity index (χ4v) is 2.09. The van der Waals surface area contributed by atoms with Gasteiger partial charge in [0.1, 0.15) is 0 Å². The van der Waals surface area contributed by atoms with Gasteiger partial charge in [0.2, 0.25) is 10.1 Å². The van der Waals surface area contributed by atoms with E-state index >= 15 is 0 Å². The lowest BCUT2D eigenvalue weighted by Crippen LogP contribution is -2.11. The summed E-state index contributed by atoms with van der Waals surface area (Å²) in [5, 5.41) is 15.0. The van der Waals surface area contributed by atoms with Crippen molar-refractivity contribution in [3.63, 3.8) is 0 Å². The molecule has 0 spiro atoms. The van der Waals surface area contributed by atoms with Crippen LogP contribution in [0.4, 0.5) is 10.8 Å². The van der Waals surface area contributed by atoms with Crippen molar-refractivity contribution in [3.8, 4) is 0 Å². The second-order valence-corrected chi connectivity index (χ2v) is 4.82. The fraction of sp³-hybridized carbons (Fsp3) is 0.182. The van der Waals surface area contributed by atoms with Gasteiger partial charge in [-0.05, 0) is 31.2 Å². The minimum absolute atomic E-state index is 0.279. The van der Waals surface area contributed by atoms with Gasteiger partial charge in [0, 0.05) is 17.3 Å². The Labute approximate surface area is 113 Å². The molecule has 1 aromatic carbocycles. The summed E-state index contributed by atoms with van der Waals surface area (Å²) in [5.74, 6) is -0.279. The second-order valence-electron chi connectivity index (χ2n) is 3.40. The maximum absolute atomic E-state index is 11.9. The van der Waals surface area contributed by atoms with E-state index in [4.69, 9.17) is 11.6 Å². The fourth-order valence-electron chi connectivity index (χ4n) is 1.26. The zero-order valence-corrected chi connectivity index (χ0v) is 11.2. The average molecular weight is 283 g/mol. The maximum Gasteiger partial charge on any atom is 0.286 e. The number of halogens is 1. The molecule has 0 saturated carbocycles. The summed E-state index contributed by atoms with van der Waals surface area (Å²) >= 11 is 6.98. The summed E-state index contributed by atoms with van der Waals surface area (Å²) in [6.07, 6.45) is 0. The van der Waals surface area contributed by atoms with Crippen molar-refractivity contribution in [1.29, 1.82) is 0 Å². The van der Waals surface area contributed by atoms with Crippen LogP contribution in [0.2, 0.25) is 5.02 Å². The first kappa shape index (κ1) is 12.8. The lowest BCUT2D eigenvalue weighted by molar-refractivity contribution is 0.102. The summed E-state index contributed by atoms with van der Waals surface area (Å²) in [7, 11) is 0. The molecule has 7 heteroatoms. The van der Waals surface area contributed by atoms with Crippen molar-refractivity contribution in [1.82, 2.24) is 10.2 Å². The third-order valence-electron chi connectivity index (χ3n) is 2.05. The smallest absolute Gasteiger partial charge is 0.286 e. The Morgan fingerprint density at radius 2 is 2.06 bits per heavy atom. The van der Waals surface area contributed by atoms with Gasteiger partial charge in [-0.15, -0.1) is 10.2 Å². The van der Waals surface area contributed by atoms with Crippen molar-refractivity contribution in [2.24, 2.45) is 0 Å². The van der Waals surface area contributed by atoms with E-state index in [1.807, 2.05) is 6.92 Å². The summed E-state index contributed by atoms with van der Waals surface area (Å²) in [5.41, 5.74) is 0.671. The van der Waals surface area contributed by atoms with Crippen LogP contribution in [0.5, 0.6) is 0 Å². The van der Waals surface area contributed by atoms with Crippen molar-refractivity contribution < 1.29 is 4.79 Å². The number of nitrogens with zero attached hydrogens (tertiary/aromatic N) is 2. The van der Waals surface area contributed by atoms with Gasteiger partial charge in [-0.3, -0.25) is 4.79 Å². The number of anilines is 2. The minimum atomic E-state index is -0.279. The molecule has 2 aromatic rings. The van der Waals surface area contributed by atoms with Gasteiger partial charge in [-0.1, -0.05) is 22.9 Å². The number of aromatic nitrogens is 2. The SMILES string of the molecule is CCNc1nnc(C(=O)Nc2ccc(Cl)cc2)s1. The van der Waals surface area contributed by atoms with Crippen LogP contribution in [0.1, 0.15) is 16.7 Å². The van der Waals surface area contributed by atoms with E-state index in [1.54, 1.807) is 24.3 Å². The first-order valence-corrected chi connectivity index (χ1v) is 6.53. The Bertz CT molecular complexity index is 540. The Morgan fingerprint density at radius 3 is 2.72 bits per heavy atom. The van der Waals surface area contributed by atoms with E-state index in [-0.39, 0.29) is 5.91 Å².